The average molecular weight is 207 g/mol. The van der Waals surface area contributed by atoms with E-state index in [-0.39, 0.29) is 0 Å². The van der Waals surface area contributed by atoms with Crippen LogP contribution in [-0.2, 0) is 13.6 Å². The summed E-state index contributed by atoms with van der Waals surface area (Å²) < 4.78 is 1.86. The van der Waals surface area contributed by atoms with Crippen LogP contribution >= 0.6 is 0 Å². The maximum Gasteiger partial charge on any atom is 0.0534 e. The van der Waals surface area contributed by atoms with Gasteiger partial charge >= 0.3 is 0 Å². The van der Waals surface area contributed by atoms with Crippen LogP contribution in [0.4, 0.5) is 0 Å². The minimum atomic E-state index is 0.912. The van der Waals surface area contributed by atoms with Crippen LogP contribution in [0.2, 0.25) is 0 Å². The number of aryl methyl sites for hydroxylation is 1. The van der Waals surface area contributed by atoms with E-state index < -0.39 is 0 Å². The van der Waals surface area contributed by atoms with Crippen LogP contribution in [0.25, 0.3) is 0 Å². The van der Waals surface area contributed by atoms with E-state index in [2.05, 4.69) is 16.6 Å². The second-order valence-electron chi connectivity index (χ2n) is 4.66. The number of rotatable bonds is 4. The zero-order valence-electron chi connectivity index (χ0n) is 9.58. The molecule has 1 heterocycles. The topological polar surface area (TPSA) is 29.9 Å². The zero-order chi connectivity index (χ0) is 10.5. The fourth-order valence-corrected chi connectivity index (χ4v) is 2.38. The standard InChI is InChI=1S/C12H21N3/c1-15-10-12(9-14-15)8-13-7-11-5-3-2-4-6-11/h9-11,13H,2-8H2,1H3. The molecule has 1 aliphatic carbocycles. The Morgan fingerprint density at radius 3 is 2.87 bits per heavy atom. The quantitative estimate of drug-likeness (QED) is 0.819. The van der Waals surface area contributed by atoms with Crippen LogP contribution in [0.1, 0.15) is 37.7 Å². The lowest BCUT2D eigenvalue weighted by molar-refractivity contribution is 0.342. The Morgan fingerprint density at radius 1 is 1.40 bits per heavy atom. The van der Waals surface area contributed by atoms with E-state index >= 15 is 0 Å². The van der Waals surface area contributed by atoms with Crippen LogP contribution in [0.3, 0.4) is 0 Å². The van der Waals surface area contributed by atoms with Crippen molar-refractivity contribution in [2.24, 2.45) is 13.0 Å². The molecule has 1 saturated carbocycles. The fraction of sp³-hybridized carbons (Fsp3) is 0.750. The number of nitrogens with zero attached hydrogens (tertiary/aromatic N) is 2. The second-order valence-corrected chi connectivity index (χ2v) is 4.66. The van der Waals surface area contributed by atoms with Gasteiger partial charge < -0.3 is 5.32 Å². The van der Waals surface area contributed by atoms with Crippen molar-refractivity contribution in [3.63, 3.8) is 0 Å². The van der Waals surface area contributed by atoms with Crippen LogP contribution in [0.15, 0.2) is 12.4 Å². The molecule has 2 rings (SSSR count). The number of hydrogen-bond acceptors (Lipinski definition) is 2. The third-order valence-corrected chi connectivity index (χ3v) is 3.25. The lowest BCUT2D eigenvalue weighted by atomic mass is 9.89. The molecule has 3 heteroatoms. The fourth-order valence-electron chi connectivity index (χ4n) is 2.38. The van der Waals surface area contributed by atoms with Gasteiger partial charge in [0.2, 0.25) is 0 Å². The molecule has 0 spiro atoms. The third kappa shape index (κ3) is 3.34. The van der Waals surface area contributed by atoms with Gasteiger partial charge in [-0.25, -0.2) is 0 Å². The van der Waals surface area contributed by atoms with Crippen LogP contribution in [0, 0.1) is 5.92 Å². The van der Waals surface area contributed by atoms with Crippen LogP contribution in [0.5, 0.6) is 0 Å². The zero-order valence-corrected chi connectivity index (χ0v) is 9.58. The lowest BCUT2D eigenvalue weighted by Crippen LogP contribution is -2.23. The molecule has 84 valence electrons. The van der Waals surface area contributed by atoms with Gasteiger partial charge in [0.15, 0.2) is 0 Å². The van der Waals surface area contributed by atoms with E-state index in [0.717, 1.165) is 12.5 Å². The molecule has 1 N–H and O–H groups in total. The van der Waals surface area contributed by atoms with Crippen LogP contribution < -0.4 is 5.32 Å². The Bertz CT molecular complexity index is 287. The van der Waals surface area contributed by atoms with Crippen molar-refractivity contribution in [2.75, 3.05) is 6.54 Å². The van der Waals surface area contributed by atoms with Gasteiger partial charge in [-0.15, -0.1) is 0 Å². The summed E-state index contributed by atoms with van der Waals surface area (Å²) in [6, 6.07) is 0. The van der Waals surface area contributed by atoms with E-state index in [0.29, 0.717) is 0 Å². The summed E-state index contributed by atoms with van der Waals surface area (Å²) >= 11 is 0. The predicted octanol–water partition coefficient (Wildman–Crippen LogP) is 2.09. The Labute approximate surface area is 91.9 Å². The first-order valence-corrected chi connectivity index (χ1v) is 6.03. The molecule has 0 amide bonds. The molecule has 0 aliphatic heterocycles. The van der Waals surface area contributed by atoms with Gasteiger partial charge in [-0.3, -0.25) is 4.68 Å². The Morgan fingerprint density at radius 2 is 2.20 bits per heavy atom. The molecule has 0 radical (unpaired) electrons. The van der Waals surface area contributed by atoms with Crippen LogP contribution in [-0.4, -0.2) is 16.3 Å². The van der Waals surface area contributed by atoms with Crippen molar-refractivity contribution < 1.29 is 0 Å². The van der Waals surface area contributed by atoms with E-state index in [9.17, 15) is 0 Å². The number of nitrogens with one attached hydrogen (secondary N) is 1. The minimum absolute atomic E-state index is 0.912. The molecule has 1 fully saturated rings. The first kappa shape index (κ1) is 10.7. The SMILES string of the molecule is Cn1cc(CNCC2CCCCC2)cn1. The summed E-state index contributed by atoms with van der Waals surface area (Å²) in [5, 5.41) is 7.69. The van der Waals surface area contributed by atoms with Gasteiger partial charge in [0.05, 0.1) is 6.20 Å². The van der Waals surface area contributed by atoms with Gasteiger partial charge in [0.1, 0.15) is 0 Å². The van der Waals surface area contributed by atoms with Gasteiger partial charge in [-0.1, -0.05) is 19.3 Å². The van der Waals surface area contributed by atoms with E-state index in [1.54, 1.807) is 0 Å². The highest BCUT2D eigenvalue weighted by Gasteiger charge is 2.12. The predicted molar refractivity (Wildman–Crippen MR) is 61.5 cm³/mol. The summed E-state index contributed by atoms with van der Waals surface area (Å²) in [7, 11) is 1.96. The van der Waals surface area contributed by atoms with Gasteiger partial charge in [-0.2, -0.15) is 5.10 Å². The van der Waals surface area contributed by atoms with E-state index in [4.69, 9.17) is 0 Å². The molecule has 3 nitrogen and oxygen atoms in total. The largest absolute Gasteiger partial charge is 0.312 e. The normalized spacial score (nSPS) is 18.2. The van der Waals surface area contributed by atoms with E-state index in [1.807, 2.05) is 17.9 Å². The Balaban J connectivity index is 1.65. The first-order valence-electron chi connectivity index (χ1n) is 6.03. The Kier molecular flexibility index (Phi) is 3.78. The summed E-state index contributed by atoms with van der Waals surface area (Å²) in [6.45, 7) is 2.14. The smallest absolute Gasteiger partial charge is 0.0534 e. The maximum atomic E-state index is 4.16. The van der Waals surface area contributed by atoms with Crippen molar-refractivity contribution >= 4 is 0 Å². The highest BCUT2D eigenvalue weighted by atomic mass is 15.2. The molecule has 1 aliphatic rings. The minimum Gasteiger partial charge on any atom is -0.312 e. The van der Waals surface area contributed by atoms with Crippen molar-refractivity contribution in [1.29, 1.82) is 0 Å². The Hall–Kier alpha value is -0.830. The average Bonchev–Trinajstić information content (AvgIpc) is 2.66. The molecule has 0 unspecified atom stereocenters. The number of hydrogen-bond donors (Lipinski definition) is 1. The van der Waals surface area contributed by atoms with Crippen molar-refractivity contribution in [2.45, 2.75) is 38.6 Å². The summed E-state index contributed by atoms with van der Waals surface area (Å²) in [4.78, 5) is 0. The summed E-state index contributed by atoms with van der Waals surface area (Å²) in [6.07, 6.45) is 11.2. The molecule has 0 aromatic carbocycles. The van der Waals surface area contributed by atoms with Gasteiger partial charge in [0.25, 0.3) is 0 Å². The molecule has 0 saturated heterocycles. The highest BCUT2D eigenvalue weighted by Crippen LogP contribution is 2.22. The monoisotopic (exact) mass is 207 g/mol. The molecule has 0 atom stereocenters. The second kappa shape index (κ2) is 5.31. The molecular formula is C12H21N3. The summed E-state index contributed by atoms with van der Waals surface area (Å²) in [5.41, 5.74) is 1.29. The lowest BCUT2D eigenvalue weighted by Gasteiger charge is -2.21. The maximum absolute atomic E-state index is 4.16. The van der Waals surface area contributed by atoms with Crippen molar-refractivity contribution in [3.8, 4) is 0 Å². The third-order valence-electron chi connectivity index (χ3n) is 3.25. The molecule has 0 bridgehead atoms. The molecular weight excluding hydrogens is 186 g/mol. The first-order chi connectivity index (χ1) is 7.34. The van der Waals surface area contributed by atoms with E-state index in [1.165, 1.54) is 44.2 Å². The number of aromatic nitrogens is 2. The molecule has 15 heavy (non-hydrogen) atoms. The molecule has 1 aromatic rings. The van der Waals surface area contributed by atoms with Crippen molar-refractivity contribution in [3.05, 3.63) is 18.0 Å². The van der Waals surface area contributed by atoms with Gasteiger partial charge in [-0.05, 0) is 25.3 Å². The highest BCUT2D eigenvalue weighted by molar-refractivity contribution is 5.02. The van der Waals surface area contributed by atoms with Crippen molar-refractivity contribution in [1.82, 2.24) is 15.1 Å². The van der Waals surface area contributed by atoms with Gasteiger partial charge in [0, 0.05) is 25.4 Å². The molecule has 1 aromatic heterocycles. The summed E-state index contributed by atoms with van der Waals surface area (Å²) in [5.74, 6) is 0.912.